The fourth-order valence-corrected chi connectivity index (χ4v) is 15.6. The molecule has 9 aromatic carbocycles. The molecule has 0 bridgehead atoms. The molecule has 0 fully saturated rings. The molecule has 15 aromatic rings. The first-order valence-corrected chi connectivity index (χ1v) is 41.8. The summed E-state index contributed by atoms with van der Waals surface area (Å²) in [5.41, 5.74) is 20.0. The Labute approximate surface area is 730 Å². The van der Waals surface area contributed by atoms with Gasteiger partial charge in [-0.3, -0.25) is 4.79 Å². The van der Waals surface area contributed by atoms with Crippen molar-refractivity contribution in [1.82, 2.24) is 45.5 Å². The lowest BCUT2D eigenvalue weighted by Crippen LogP contribution is -2.21. The molecule has 0 saturated carbocycles. The molecule has 0 atom stereocenters. The highest BCUT2D eigenvalue weighted by molar-refractivity contribution is 9.10. The minimum atomic E-state index is -0.0156. The molecule has 604 valence electrons. The van der Waals surface area contributed by atoms with Crippen LogP contribution in [0.15, 0.2) is 237 Å². The number of ether oxygens (including phenoxy) is 6. The van der Waals surface area contributed by atoms with Gasteiger partial charge in [0.1, 0.15) is 21.5 Å². The second-order valence-corrected chi connectivity index (χ2v) is 33.6. The number of tetrazole rings is 1. The Morgan fingerprint density at radius 3 is 1.14 bits per heavy atom. The molecular weight excluding hydrogens is 1750 g/mol. The molecular formula is C90H85Br2Cl4N9O9S3. The van der Waals surface area contributed by atoms with Crippen molar-refractivity contribution in [2.45, 2.75) is 67.3 Å². The summed E-state index contributed by atoms with van der Waals surface area (Å²) in [4.78, 5) is 34.4. The third kappa shape index (κ3) is 25.9. The molecule has 1 amide bonds. The summed E-state index contributed by atoms with van der Waals surface area (Å²) < 4.78 is 45.4. The number of thiazole rings is 2. The molecule has 0 radical (unpaired) electrons. The molecule has 15 rings (SSSR count). The van der Waals surface area contributed by atoms with Crippen LogP contribution in [0, 0.1) is 27.7 Å². The van der Waals surface area contributed by atoms with E-state index in [9.17, 15) is 4.79 Å². The van der Waals surface area contributed by atoms with Crippen molar-refractivity contribution in [3.05, 3.63) is 307 Å². The average Bonchev–Trinajstić information content (AvgIpc) is 1.79. The Kier molecular flexibility index (Phi) is 34.7. The number of carbonyl (C=O) groups is 1. The van der Waals surface area contributed by atoms with Gasteiger partial charge in [-0.15, -0.1) is 44.2 Å². The van der Waals surface area contributed by atoms with Gasteiger partial charge in [0, 0.05) is 141 Å². The number of halogens is 6. The van der Waals surface area contributed by atoms with E-state index in [0.29, 0.717) is 62.8 Å². The van der Waals surface area contributed by atoms with E-state index in [1.165, 1.54) is 21.1 Å². The zero-order valence-electron chi connectivity index (χ0n) is 66.3. The van der Waals surface area contributed by atoms with Gasteiger partial charge in [0.2, 0.25) is 17.6 Å². The van der Waals surface area contributed by atoms with Crippen molar-refractivity contribution in [3.63, 3.8) is 0 Å². The monoisotopic (exact) mass is 1830 g/mol. The number of amides is 1. The van der Waals surface area contributed by atoms with Gasteiger partial charge in [0.25, 0.3) is 5.91 Å². The number of aromatic nitrogens is 8. The number of aryl methyl sites for hydroxylation is 4. The van der Waals surface area contributed by atoms with Gasteiger partial charge in [-0.05, 0) is 220 Å². The summed E-state index contributed by atoms with van der Waals surface area (Å²) in [7, 11) is 13.6. The number of aromatic amines is 1. The molecule has 6 heterocycles. The first-order valence-electron chi connectivity index (χ1n) is 36.3. The third-order valence-corrected chi connectivity index (χ3v) is 22.8. The summed E-state index contributed by atoms with van der Waals surface area (Å²) in [5.74, 6) is 3.42. The van der Waals surface area contributed by atoms with Crippen molar-refractivity contribution in [2.24, 2.45) is 0 Å². The van der Waals surface area contributed by atoms with E-state index < -0.39 is 0 Å². The van der Waals surface area contributed by atoms with Crippen LogP contribution in [0.1, 0.15) is 65.0 Å². The van der Waals surface area contributed by atoms with Crippen LogP contribution in [0.5, 0.6) is 0 Å². The number of hydrogen-bond acceptors (Lipinski definition) is 19. The first kappa shape index (κ1) is 90.1. The normalized spacial score (nSPS) is 10.8. The molecule has 0 spiro atoms. The minimum Gasteiger partial charge on any atom is -0.441 e. The van der Waals surface area contributed by atoms with Crippen LogP contribution in [0.4, 0.5) is 0 Å². The van der Waals surface area contributed by atoms with Crippen LogP contribution < -0.4 is 0 Å². The molecule has 0 aliphatic heterocycles. The molecule has 0 saturated heterocycles. The summed E-state index contributed by atoms with van der Waals surface area (Å²) >= 11 is 35.8. The summed E-state index contributed by atoms with van der Waals surface area (Å²) in [6.07, 6.45) is 7.24. The number of H-pyrrole nitrogens is 1. The molecule has 6 aromatic heterocycles. The predicted octanol–water partition coefficient (Wildman–Crippen LogP) is 25.5. The number of nitrogens with zero attached hydrogens (tertiary/aromatic N) is 8. The van der Waals surface area contributed by atoms with Gasteiger partial charge in [-0.25, -0.2) is 19.9 Å². The molecule has 0 aliphatic rings. The molecule has 117 heavy (non-hydrogen) atoms. The smallest absolute Gasteiger partial charge is 0.253 e. The molecule has 1 N–H and O–H groups in total. The minimum absolute atomic E-state index is 0.0156. The SMILES string of the molecule is COCc1cc(-c2ncc(C)o2)ccc1-c1ccc(Cl)cc1.COCc1cc(-c2ncc(C)o2)ccc1Br.COCc1cc(-c2ncc(C)s2)ccc1-c1ccc(Cl)cc1.COCc1cc(-c2ncc(C)s2)ccc1Br.COCc1cc(-c2nn[nH]n2)ccc1-c1ccc(Cl)cc1.COCc1cc(C(=O)N(C)C)ccc1-c1ccc(Cl)s1. The Hall–Kier alpha value is -9.22. The Bertz CT molecular complexity index is 5460. The van der Waals surface area contributed by atoms with E-state index in [2.05, 4.69) is 129 Å². The van der Waals surface area contributed by atoms with E-state index in [-0.39, 0.29) is 5.91 Å². The highest BCUT2D eigenvalue weighted by Crippen LogP contribution is 2.38. The lowest BCUT2D eigenvalue weighted by molar-refractivity contribution is 0.0827. The van der Waals surface area contributed by atoms with Gasteiger partial charge in [-0.2, -0.15) is 5.21 Å². The number of thiophene rings is 1. The summed E-state index contributed by atoms with van der Waals surface area (Å²) in [5, 5.41) is 18.3. The molecule has 27 heteroatoms. The largest absolute Gasteiger partial charge is 0.441 e. The van der Waals surface area contributed by atoms with E-state index in [4.69, 9.17) is 83.7 Å². The topological polar surface area (TPSA) is 208 Å². The van der Waals surface area contributed by atoms with E-state index in [0.717, 1.165) is 155 Å². The number of hydrogen-bond donors (Lipinski definition) is 1. The highest BCUT2D eigenvalue weighted by atomic mass is 79.9. The summed E-state index contributed by atoms with van der Waals surface area (Å²) in [6, 6.07) is 63.6. The van der Waals surface area contributed by atoms with Gasteiger partial charge >= 0.3 is 0 Å². The van der Waals surface area contributed by atoms with Crippen molar-refractivity contribution in [3.8, 4) is 99.3 Å². The summed E-state index contributed by atoms with van der Waals surface area (Å²) in [6.45, 7) is 11.1. The van der Waals surface area contributed by atoms with Crippen molar-refractivity contribution in [1.29, 1.82) is 0 Å². The van der Waals surface area contributed by atoms with Crippen LogP contribution in [-0.4, -0.2) is 108 Å². The molecule has 18 nitrogen and oxygen atoms in total. The lowest BCUT2D eigenvalue weighted by Gasteiger charge is -2.13. The van der Waals surface area contributed by atoms with E-state index >= 15 is 0 Å². The van der Waals surface area contributed by atoms with Gasteiger partial charge < -0.3 is 42.2 Å². The first-order chi connectivity index (χ1) is 56.5. The van der Waals surface area contributed by atoms with Gasteiger partial charge in [-0.1, -0.05) is 157 Å². The standard InChI is InChI=1S/C18H16ClNO2.C18H16ClNOS.C15H13ClN4O.C15H16ClNO2S.C12H12BrNO2.C12H12BrNOS/c2*1-12-10-20-18(22-12)14-5-8-17(15(9-14)11-21-2)13-3-6-16(19)7-4-13;1-21-9-12-8-11(15-17-19-20-18-15)4-7-14(12)10-2-5-13(16)6-3-10;1-17(2)15(18)10-4-5-12(11(8-10)9-19-3)13-6-7-14(16)20-13;2*1-8-6-14-12(16-8)9-3-4-11(13)10(5-9)7-15-2/h2*3-10H,11H2,1-2H3;2-8H,9H2,1H3,(H,17,18,19,20);4-8H,9H2,1-3H3;2*3-6H,7H2,1-2H3. The van der Waals surface area contributed by atoms with Crippen LogP contribution in [-0.2, 0) is 68.1 Å². The predicted molar refractivity (Wildman–Crippen MR) is 481 cm³/mol. The maximum atomic E-state index is 12.0. The number of carbonyl (C=O) groups excluding carboxylic acids is 1. The number of nitrogens with one attached hydrogen (secondary N) is 1. The number of benzene rings is 9. The van der Waals surface area contributed by atoms with Crippen molar-refractivity contribution in [2.75, 3.05) is 56.8 Å². The van der Waals surface area contributed by atoms with Gasteiger partial charge in [0.15, 0.2) is 0 Å². The number of oxazole rings is 2. The number of rotatable bonds is 22. The third-order valence-electron chi connectivity index (χ3n) is 17.3. The second-order valence-electron chi connectivity index (χ2n) is 26.4. The van der Waals surface area contributed by atoms with Crippen LogP contribution >= 0.6 is 112 Å². The number of methoxy groups -OCH3 is 6. The Balaban J connectivity index is 0.000000149. The molecule has 0 aliphatic carbocycles. The Morgan fingerprint density at radius 2 is 0.761 bits per heavy atom. The Morgan fingerprint density at radius 1 is 0.402 bits per heavy atom. The van der Waals surface area contributed by atoms with Gasteiger partial charge in [0.05, 0.1) is 56.4 Å². The van der Waals surface area contributed by atoms with Crippen molar-refractivity contribution < 1.29 is 42.1 Å². The quantitative estimate of drug-likeness (QED) is 0.0669. The fourth-order valence-electron chi connectivity index (χ4n) is 11.9. The highest BCUT2D eigenvalue weighted by Gasteiger charge is 2.18. The maximum Gasteiger partial charge on any atom is 0.253 e. The lowest BCUT2D eigenvalue weighted by atomic mass is 9.97. The zero-order valence-corrected chi connectivity index (χ0v) is 74.9. The second kappa shape index (κ2) is 45.1. The van der Waals surface area contributed by atoms with E-state index in [1.807, 2.05) is 178 Å². The van der Waals surface area contributed by atoms with Crippen molar-refractivity contribution >= 4 is 118 Å². The van der Waals surface area contributed by atoms with Crippen LogP contribution in [0.2, 0.25) is 19.4 Å². The fraction of sp³-hybridized carbons (Fsp3) is 0.200. The van der Waals surface area contributed by atoms with Crippen LogP contribution in [0.25, 0.3) is 99.3 Å². The maximum absolute atomic E-state index is 12.0. The molecule has 0 unspecified atom stereocenters. The van der Waals surface area contributed by atoms with E-state index in [1.54, 1.807) is 96.7 Å². The van der Waals surface area contributed by atoms with Crippen LogP contribution in [0.3, 0.4) is 0 Å². The average molecular weight is 1830 g/mol. The zero-order chi connectivity index (χ0) is 83.5.